The summed E-state index contributed by atoms with van der Waals surface area (Å²) in [5, 5.41) is 8.74. The summed E-state index contributed by atoms with van der Waals surface area (Å²) in [6.07, 6.45) is 2.65. The first-order valence-corrected chi connectivity index (χ1v) is 4.98. The van der Waals surface area contributed by atoms with Crippen molar-refractivity contribution in [3.8, 4) is 0 Å². The molecular formula is C7H12INO2. The van der Waals surface area contributed by atoms with Gasteiger partial charge in [0.2, 0.25) is 0 Å². The predicted molar refractivity (Wildman–Crippen MR) is 50.8 cm³/mol. The monoisotopic (exact) mass is 269 g/mol. The van der Waals surface area contributed by atoms with Gasteiger partial charge in [-0.1, -0.05) is 22.6 Å². The molecule has 0 heterocycles. The minimum Gasteiger partial charge on any atom is -0.481 e. The fraction of sp³-hybridized carbons (Fsp3) is 0.857. The first-order chi connectivity index (χ1) is 5.11. The van der Waals surface area contributed by atoms with E-state index in [4.69, 9.17) is 10.8 Å². The quantitative estimate of drug-likeness (QED) is 0.551. The van der Waals surface area contributed by atoms with E-state index in [0.717, 1.165) is 19.3 Å². The fourth-order valence-corrected chi connectivity index (χ4v) is 2.33. The van der Waals surface area contributed by atoms with Crippen molar-refractivity contribution in [2.45, 2.75) is 29.2 Å². The maximum atomic E-state index is 10.6. The molecule has 0 amide bonds. The van der Waals surface area contributed by atoms with Crippen molar-refractivity contribution < 1.29 is 9.90 Å². The Morgan fingerprint density at radius 3 is 2.64 bits per heavy atom. The number of nitrogens with two attached hydrogens (primary N) is 1. The van der Waals surface area contributed by atoms with Crippen molar-refractivity contribution in [1.82, 2.24) is 0 Å². The van der Waals surface area contributed by atoms with Crippen LogP contribution in [0.1, 0.15) is 19.3 Å². The van der Waals surface area contributed by atoms with Gasteiger partial charge in [0.1, 0.15) is 0 Å². The van der Waals surface area contributed by atoms with Crippen LogP contribution < -0.4 is 5.73 Å². The van der Waals surface area contributed by atoms with Crippen molar-refractivity contribution in [1.29, 1.82) is 0 Å². The lowest BCUT2D eigenvalue weighted by atomic mass is 9.85. The molecule has 3 nitrogen and oxygen atoms in total. The van der Waals surface area contributed by atoms with Gasteiger partial charge >= 0.3 is 5.97 Å². The molecule has 3 atom stereocenters. The number of halogens is 1. The molecule has 64 valence electrons. The summed E-state index contributed by atoms with van der Waals surface area (Å²) in [5.41, 5.74) is 5.66. The van der Waals surface area contributed by atoms with Gasteiger partial charge in [0.15, 0.2) is 0 Å². The Bertz CT molecular complexity index is 163. The van der Waals surface area contributed by atoms with Crippen molar-refractivity contribution in [3.63, 3.8) is 0 Å². The second kappa shape index (κ2) is 3.71. The molecule has 1 rings (SSSR count). The second-order valence-electron chi connectivity index (χ2n) is 3.02. The summed E-state index contributed by atoms with van der Waals surface area (Å²) >= 11 is 2.30. The standard InChI is InChI=1S/C7H12INO2/c8-4-1-2-6(9)5(3-4)7(10)11/h4-6H,1-3,9H2,(H,10,11). The molecule has 0 saturated heterocycles. The normalized spacial score (nSPS) is 38.5. The Labute approximate surface area is 79.5 Å². The van der Waals surface area contributed by atoms with Gasteiger partial charge in [0, 0.05) is 9.97 Å². The molecule has 0 aromatic rings. The number of carboxylic acids is 1. The molecule has 0 radical (unpaired) electrons. The summed E-state index contributed by atoms with van der Waals surface area (Å²) in [6.45, 7) is 0. The Balaban J connectivity index is 2.54. The highest BCUT2D eigenvalue weighted by atomic mass is 127. The Morgan fingerprint density at radius 2 is 2.18 bits per heavy atom. The van der Waals surface area contributed by atoms with Gasteiger partial charge in [0.25, 0.3) is 0 Å². The molecule has 0 aromatic heterocycles. The van der Waals surface area contributed by atoms with E-state index in [2.05, 4.69) is 22.6 Å². The molecule has 3 N–H and O–H groups in total. The summed E-state index contributed by atoms with van der Waals surface area (Å²) in [4.78, 5) is 10.6. The third-order valence-corrected chi connectivity index (χ3v) is 3.29. The van der Waals surface area contributed by atoms with E-state index in [1.54, 1.807) is 0 Å². The molecule has 1 aliphatic carbocycles. The van der Waals surface area contributed by atoms with Crippen LogP contribution in [-0.4, -0.2) is 21.0 Å². The maximum Gasteiger partial charge on any atom is 0.308 e. The highest BCUT2D eigenvalue weighted by Crippen LogP contribution is 2.28. The van der Waals surface area contributed by atoms with E-state index in [0.29, 0.717) is 3.92 Å². The van der Waals surface area contributed by atoms with Crippen LogP contribution in [0.2, 0.25) is 0 Å². The summed E-state index contributed by atoms with van der Waals surface area (Å²) in [7, 11) is 0. The summed E-state index contributed by atoms with van der Waals surface area (Å²) in [5.74, 6) is -1.05. The molecular weight excluding hydrogens is 257 g/mol. The minimum absolute atomic E-state index is 0.126. The van der Waals surface area contributed by atoms with Gasteiger partial charge in [-0.25, -0.2) is 0 Å². The average molecular weight is 269 g/mol. The molecule has 0 aliphatic heterocycles. The minimum atomic E-state index is -0.737. The van der Waals surface area contributed by atoms with Crippen LogP contribution in [0.5, 0.6) is 0 Å². The SMILES string of the molecule is NC1CCC(I)CC1C(=O)O. The molecule has 0 aromatic carbocycles. The first-order valence-electron chi connectivity index (χ1n) is 3.73. The van der Waals surface area contributed by atoms with Gasteiger partial charge in [-0.2, -0.15) is 0 Å². The van der Waals surface area contributed by atoms with Crippen LogP contribution >= 0.6 is 22.6 Å². The van der Waals surface area contributed by atoms with Gasteiger partial charge in [-0.3, -0.25) is 4.79 Å². The number of hydrogen-bond donors (Lipinski definition) is 2. The van der Waals surface area contributed by atoms with Crippen LogP contribution in [0.15, 0.2) is 0 Å². The lowest BCUT2D eigenvalue weighted by molar-refractivity contribution is -0.143. The lowest BCUT2D eigenvalue weighted by Crippen LogP contribution is -2.40. The number of alkyl halides is 1. The van der Waals surface area contributed by atoms with E-state index in [-0.39, 0.29) is 12.0 Å². The van der Waals surface area contributed by atoms with E-state index >= 15 is 0 Å². The van der Waals surface area contributed by atoms with Crippen LogP contribution in [0.25, 0.3) is 0 Å². The van der Waals surface area contributed by atoms with E-state index in [1.165, 1.54) is 0 Å². The molecule has 1 aliphatic rings. The van der Waals surface area contributed by atoms with Crippen LogP contribution in [0, 0.1) is 5.92 Å². The second-order valence-corrected chi connectivity index (χ2v) is 4.78. The topological polar surface area (TPSA) is 63.3 Å². The van der Waals surface area contributed by atoms with Gasteiger partial charge in [0.05, 0.1) is 5.92 Å². The number of hydrogen-bond acceptors (Lipinski definition) is 2. The van der Waals surface area contributed by atoms with Crippen molar-refractivity contribution in [3.05, 3.63) is 0 Å². The van der Waals surface area contributed by atoms with Gasteiger partial charge in [-0.05, 0) is 19.3 Å². The molecule has 0 spiro atoms. The summed E-state index contributed by atoms with van der Waals surface area (Å²) < 4.78 is 0.494. The van der Waals surface area contributed by atoms with Crippen molar-refractivity contribution in [2.75, 3.05) is 0 Å². The number of aliphatic carboxylic acids is 1. The van der Waals surface area contributed by atoms with Gasteiger partial charge < -0.3 is 10.8 Å². The Hall–Kier alpha value is 0.160. The van der Waals surface area contributed by atoms with E-state index in [9.17, 15) is 4.79 Å². The van der Waals surface area contributed by atoms with Crippen molar-refractivity contribution in [2.24, 2.45) is 11.7 Å². The molecule has 4 heteroatoms. The highest BCUT2D eigenvalue weighted by Gasteiger charge is 2.31. The predicted octanol–water partition coefficient (Wildman–Crippen LogP) is 1.00. The fourth-order valence-electron chi connectivity index (χ4n) is 1.43. The first kappa shape index (κ1) is 9.25. The number of carboxylic acid groups (broad SMARTS) is 1. The Morgan fingerprint density at radius 1 is 1.55 bits per heavy atom. The summed E-state index contributed by atoms with van der Waals surface area (Å²) in [6, 6.07) is -0.126. The smallest absolute Gasteiger partial charge is 0.308 e. The van der Waals surface area contributed by atoms with Crippen molar-refractivity contribution >= 4 is 28.6 Å². The zero-order valence-electron chi connectivity index (χ0n) is 6.16. The average Bonchev–Trinajstić information content (AvgIpc) is 1.94. The molecule has 1 saturated carbocycles. The molecule has 3 unspecified atom stereocenters. The number of carbonyl (C=O) groups is 1. The van der Waals surface area contributed by atoms with E-state index in [1.807, 2.05) is 0 Å². The molecule has 1 fully saturated rings. The third-order valence-electron chi connectivity index (χ3n) is 2.16. The number of rotatable bonds is 1. The zero-order chi connectivity index (χ0) is 8.43. The largest absolute Gasteiger partial charge is 0.481 e. The van der Waals surface area contributed by atoms with Crippen LogP contribution in [0.4, 0.5) is 0 Å². The van der Waals surface area contributed by atoms with Crippen LogP contribution in [-0.2, 0) is 4.79 Å². The maximum absolute atomic E-state index is 10.6. The molecule has 0 bridgehead atoms. The lowest BCUT2D eigenvalue weighted by Gasteiger charge is -2.28. The van der Waals surface area contributed by atoms with E-state index < -0.39 is 5.97 Å². The third kappa shape index (κ3) is 2.30. The van der Waals surface area contributed by atoms with Gasteiger partial charge in [-0.15, -0.1) is 0 Å². The molecule has 11 heavy (non-hydrogen) atoms. The highest BCUT2D eigenvalue weighted by molar-refractivity contribution is 14.1. The Kier molecular flexibility index (Phi) is 3.12. The van der Waals surface area contributed by atoms with Crippen LogP contribution in [0.3, 0.4) is 0 Å². The zero-order valence-corrected chi connectivity index (χ0v) is 8.32.